The van der Waals surface area contributed by atoms with E-state index in [1.165, 1.54) is 44.9 Å². The number of likely N-dealkylation sites (N-methyl/N-ethyl adjacent to an activating group) is 1. The Morgan fingerprint density at radius 2 is 0.667 bits per heavy atom. The fourth-order valence-corrected chi connectivity index (χ4v) is 8.00. The van der Waals surface area contributed by atoms with Crippen LogP contribution in [0.15, 0.2) is 158 Å². The molecular weight excluding hydrogens is 1010 g/mol. The molecule has 0 spiro atoms. The number of hydrogen-bond donors (Lipinski definition) is 1. The molecule has 0 radical (unpaired) electrons. The summed E-state index contributed by atoms with van der Waals surface area (Å²) >= 11 is 0. The van der Waals surface area contributed by atoms with E-state index in [4.69, 9.17) is 18.9 Å². The van der Waals surface area contributed by atoms with Crippen LogP contribution in [0.3, 0.4) is 0 Å². The van der Waals surface area contributed by atoms with Gasteiger partial charge in [0.25, 0.3) is 6.29 Å². The standard InChI is InChI=1S/C72H115NO8/c1-6-8-10-12-14-16-18-20-22-24-25-26-27-28-29-30-31-32-33-34-35-36-37-38-39-40-41-42-43-44-45-47-49-51-53-55-57-59-61-63-70(75)81-68(67-80-72(71(76)77)78-65-64-73(3,4)5)66-79-69(74)62-60-58-56-54-52-50-48-46-23-21-19-17-15-13-11-9-7-2/h8-11,14-17,20-23,25-26,28-29,31-32,34-35,37-38,40-41,43-44,68,72H,6-7,12-13,18-19,24,27,30,33,36,39,42,45-67H2,1-5H3/p+1/b10-8-,11-9-,16-14-,17-15-,22-20-,23-21-,26-25-,29-28-,32-31-,35-34-,38-37-,41-40-,44-43-. The normalized spacial score (nSPS) is 13.8. The number of quaternary nitrogens is 1. The first-order valence-electron chi connectivity index (χ1n) is 31.6. The van der Waals surface area contributed by atoms with Crippen LogP contribution in [0.5, 0.6) is 0 Å². The minimum Gasteiger partial charge on any atom is -0.477 e. The summed E-state index contributed by atoms with van der Waals surface area (Å²) in [5.41, 5.74) is 0. The van der Waals surface area contributed by atoms with Crippen LogP contribution in [0.4, 0.5) is 0 Å². The smallest absolute Gasteiger partial charge is 0.361 e. The SMILES string of the molecule is CC/C=C\C/C=C\C/C=C\C/C=C\C/C=C\C/C=C\C/C=C\C/C=C\C/C=C\C/C=C\CCCCCCCCCCC(=O)OC(COC(=O)CCCCCCCCC/C=C\C/C=C\C/C=C\CC)COC(OCC[N+](C)(C)C)C(=O)O. The lowest BCUT2D eigenvalue weighted by atomic mass is 10.1. The van der Waals surface area contributed by atoms with Crippen molar-refractivity contribution in [2.24, 2.45) is 0 Å². The fraction of sp³-hybridized carbons (Fsp3) is 0.597. The summed E-state index contributed by atoms with van der Waals surface area (Å²) in [6, 6.07) is 0. The van der Waals surface area contributed by atoms with Gasteiger partial charge in [0.15, 0.2) is 6.10 Å². The molecule has 0 aromatic carbocycles. The van der Waals surface area contributed by atoms with E-state index >= 15 is 0 Å². The Morgan fingerprint density at radius 3 is 0.988 bits per heavy atom. The van der Waals surface area contributed by atoms with Crippen molar-refractivity contribution in [3.8, 4) is 0 Å². The Morgan fingerprint density at radius 1 is 0.370 bits per heavy atom. The van der Waals surface area contributed by atoms with Gasteiger partial charge in [-0.3, -0.25) is 9.59 Å². The van der Waals surface area contributed by atoms with Gasteiger partial charge in [-0.15, -0.1) is 0 Å². The predicted molar refractivity (Wildman–Crippen MR) is 345 cm³/mol. The number of hydrogen-bond acceptors (Lipinski definition) is 7. The Labute approximate surface area is 495 Å². The summed E-state index contributed by atoms with van der Waals surface area (Å²) in [5.74, 6) is -2.05. The van der Waals surface area contributed by atoms with Gasteiger partial charge < -0.3 is 28.5 Å². The van der Waals surface area contributed by atoms with Gasteiger partial charge in [0.1, 0.15) is 13.2 Å². The van der Waals surface area contributed by atoms with Crippen molar-refractivity contribution < 1.29 is 42.9 Å². The lowest BCUT2D eigenvalue weighted by molar-refractivity contribution is -0.870. The molecule has 0 aliphatic heterocycles. The van der Waals surface area contributed by atoms with Crippen molar-refractivity contribution in [2.75, 3.05) is 47.5 Å². The zero-order chi connectivity index (χ0) is 59.1. The van der Waals surface area contributed by atoms with Gasteiger partial charge in [-0.05, 0) is 122 Å². The summed E-state index contributed by atoms with van der Waals surface area (Å²) in [6.07, 6.45) is 87.6. The maximum absolute atomic E-state index is 12.9. The lowest BCUT2D eigenvalue weighted by Crippen LogP contribution is -2.40. The molecule has 0 saturated carbocycles. The molecule has 9 heteroatoms. The van der Waals surface area contributed by atoms with Crippen molar-refractivity contribution in [2.45, 2.75) is 232 Å². The quantitative estimate of drug-likeness (QED) is 0.0211. The minimum absolute atomic E-state index is 0.176. The fourth-order valence-electron chi connectivity index (χ4n) is 8.00. The van der Waals surface area contributed by atoms with E-state index in [0.29, 0.717) is 17.4 Å². The van der Waals surface area contributed by atoms with Gasteiger partial charge in [-0.1, -0.05) is 242 Å². The highest BCUT2D eigenvalue weighted by atomic mass is 16.7. The van der Waals surface area contributed by atoms with Crippen molar-refractivity contribution in [3.05, 3.63) is 158 Å². The number of unbranched alkanes of at least 4 members (excludes halogenated alkanes) is 15. The second-order valence-corrected chi connectivity index (χ2v) is 21.6. The Hall–Kier alpha value is -5.09. The Balaban J connectivity index is 4.21. The summed E-state index contributed by atoms with van der Waals surface area (Å²) in [6.45, 7) is 4.61. The monoisotopic (exact) mass is 1120 g/mol. The molecule has 0 aromatic heterocycles. The highest BCUT2D eigenvalue weighted by molar-refractivity contribution is 5.71. The van der Waals surface area contributed by atoms with E-state index in [1.54, 1.807) is 0 Å². The van der Waals surface area contributed by atoms with E-state index in [1.807, 2.05) is 21.1 Å². The molecule has 0 fully saturated rings. The van der Waals surface area contributed by atoms with E-state index < -0.39 is 24.3 Å². The molecule has 81 heavy (non-hydrogen) atoms. The molecule has 0 bridgehead atoms. The zero-order valence-electron chi connectivity index (χ0n) is 51.9. The van der Waals surface area contributed by atoms with E-state index in [2.05, 4.69) is 172 Å². The van der Waals surface area contributed by atoms with Crippen molar-refractivity contribution in [3.63, 3.8) is 0 Å². The first-order valence-corrected chi connectivity index (χ1v) is 31.6. The molecule has 0 heterocycles. The maximum atomic E-state index is 12.9. The first kappa shape index (κ1) is 75.9. The molecular formula is C72H116NO8+. The van der Waals surface area contributed by atoms with Gasteiger partial charge in [0.2, 0.25) is 0 Å². The minimum atomic E-state index is -1.52. The molecule has 2 unspecified atom stereocenters. The summed E-state index contributed by atoms with van der Waals surface area (Å²) in [7, 11) is 5.95. The lowest BCUT2D eigenvalue weighted by Gasteiger charge is -2.25. The molecule has 0 aliphatic rings. The predicted octanol–water partition coefficient (Wildman–Crippen LogP) is 19.3. The molecule has 0 aromatic rings. The highest BCUT2D eigenvalue weighted by Gasteiger charge is 2.25. The van der Waals surface area contributed by atoms with Crippen LogP contribution in [0.1, 0.15) is 219 Å². The molecule has 0 amide bonds. The third-order valence-corrected chi connectivity index (χ3v) is 12.8. The van der Waals surface area contributed by atoms with Crippen LogP contribution in [-0.4, -0.2) is 87.4 Å². The van der Waals surface area contributed by atoms with Gasteiger partial charge in [0, 0.05) is 12.8 Å². The largest absolute Gasteiger partial charge is 0.477 e. The number of esters is 2. The van der Waals surface area contributed by atoms with Crippen LogP contribution >= 0.6 is 0 Å². The van der Waals surface area contributed by atoms with Crippen molar-refractivity contribution in [1.29, 1.82) is 0 Å². The molecule has 2 atom stereocenters. The van der Waals surface area contributed by atoms with Crippen molar-refractivity contribution >= 4 is 17.9 Å². The number of nitrogens with zero attached hydrogens (tertiary/aromatic N) is 1. The topological polar surface area (TPSA) is 108 Å². The van der Waals surface area contributed by atoms with Crippen LogP contribution < -0.4 is 0 Å². The van der Waals surface area contributed by atoms with Gasteiger partial charge in [-0.25, -0.2) is 4.79 Å². The van der Waals surface area contributed by atoms with Crippen molar-refractivity contribution in [1.82, 2.24) is 0 Å². The Bertz CT molecular complexity index is 1880. The van der Waals surface area contributed by atoms with Gasteiger partial charge >= 0.3 is 17.9 Å². The second-order valence-electron chi connectivity index (χ2n) is 21.6. The number of carbonyl (C=O) groups excluding carboxylic acids is 2. The molecule has 456 valence electrons. The third kappa shape index (κ3) is 62.4. The molecule has 0 aliphatic carbocycles. The molecule has 0 rings (SSSR count). The highest BCUT2D eigenvalue weighted by Crippen LogP contribution is 2.14. The Kier molecular flexibility index (Phi) is 57.2. The second kappa shape index (κ2) is 61.0. The zero-order valence-corrected chi connectivity index (χ0v) is 51.9. The summed E-state index contributed by atoms with van der Waals surface area (Å²) in [4.78, 5) is 37.5. The number of aliphatic carboxylic acids is 1. The van der Waals surface area contributed by atoms with Crippen LogP contribution in [0.25, 0.3) is 0 Å². The van der Waals surface area contributed by atoms with E-state index in [9.17, 15) is 19.5 Å². The average molecular weight is 1120 g/mol. The summed E-state index contributed by atoms with van der Waals surface area (Å²) < 4.78 is 22.9. The number of allylic oxidation sites excluding steroid dienone is 26. The van der Waals surface area contributed by atoms with Crippen LogP contribution in [0.2, 0.25) is 0 Å². The molecule has 1 N–H and O–H groups in total. The summed E-state index contributed by atoms with van der Waals surface area (Å²) in [5, 5.41) is 9.71. The van der Waals surface area contributed by atoms with Crippen LogP contribution in [-0.2, 0) is 33.3 Å². The first-order chi connectivity index (χ1) is 39.6. The number of carboxylic acids is 1. The average Bonchev–Trinajstić information content (AvgIpc) is 3.44. The van der Waals surface area contributed by atoms with Crippen LogP contribution in [0, 0.1) is 0 Å². The molecule has 9 nitrogen and oxygen atoms in total. The van der Waals surface area contributed by atoms with E-state index in [0.717, 1.165) is 141 Å². The van der Waals surface area contributed by atoms with Gasteiger partial charge in [0.05, 0.1) is 34.4 Å². The van der Waals surface area contributed by atoms with Gasteiger partial charge in [-0.2, -0.15) is 0 Å². The third-order valence-electron chi connectivity index (χ3n) is 12.8. The number of carbonyl (C=O) groups is 3. The van der Waals surface area contributed by atoms with E-state index in [-0.39, 0.29) is 38.6 Å². The molecule has 0 saturated heterocycles. The number of carboxylic acid groups (broad SMARTS) is 1. The number of ether oxygens (including phenoxy) is 4. The number of rotatable bonds is 56. The maximum Gasteiger partial charge on any atom is 0.361 e.